The van der Waals surface area contributed by atoms with E-state index in [1.54, 1.807) is 30.7 Å². The Morgan fingerprint density at radius 1 is 1.08 bits per heavy atom. The van der Waals surface area contributed by atoms with Crippen LogP contribution in [0.1, 0.15) is 21.5 Å². The van der Waals surface area contributed by atoms with Crippen molar-refractivity contribution in [2.75, 3.05) is 30.3 Å². The van der Waals surface area contributed by atoms with Gasteiger partial charge in [0.15, 0.2) is 0 Å². The molecule has 1 aliphatic rings. The van der Waals surface area contributed by atoms with Crippen molar-refractivity contribution in [1.29, 1.82) is 0 Å². The second kappa shape index (κ2) is 11.0. The van der Waals surface area contributed by atoms with Crippen LogP contribution in [0.15, 0.2) is 79.3 Å². The number of piperazine rings is 1. The molecule has 2 aromatic heterocycles. The van der Waals surface area contributed by atoms with Crippen molar-refractivity contribution in [2.45, 2.75) is 13.5 Å². The monoisotopic (exact) mass is 493 g/mol. The van der Waals surface area contributed by atoms with Crippen LogP contribution in [0.2, 0.25) is 0 Å². The van der Waals surface area contributed by atoms with E-state index in [9.17, 15) is 9.59 Å². The molecule has 9 heteroatoms. The predicted octanol–water partition coefficient (Wildman–Crippen LogP) is 3.77. The van der Waals surface area contributed by atoms with E-state index in [1.165, 1.54) is 0 Å². The fraction of sp³-hybridized carbons (Fsp3) is 0.179. The topological polar surface area (TPSA) is 112 Å². The van der Waals surface area contributed by atoms with Crippen LogP contribution in [0, 0.1) is 6.92 Å². The molecule has 2 aromatic carbocycles. The minimum Gasteiger partial charge on any atom is -0.354 e. The highest BCUT2D eigenvalue weighted by atomic mass is 16.2. The van der Waals surface area contributed by atoms with Crippen LogP contribution in [0.3, 0.4) is 0 Å². The van der Waals surface area contributed by atoms with Crippen molar-refractivity contribution < 1.29 is 9.59 Å². The average molecular weight is 494 g/mol. The Morgan fingerprint density at radius 3 is 2.73 bits per heavy atom. The summed E-state index contributed by atoms with van der Waals surface area (Å²) in [7, 11) is 0. The van der Waals surface area contributed by atoms with Gasteiger partial charge in [0.1, 0.15) is 0 Å². The Morgan fingerprint density at radius 2 is 1.95 bits per heavy atom. The second-order valence-corrected chi connectivity index (χ2v) is 8.87. The van der Waals surface area contributed by atoms with Gasteiger partial charge in [-0.25, -0.2) is 9.97 Å². The molecular formula is C28H27N7O2. The Bertz CT molecular complexity index is 1410. The Labute approximate surface area is 215 Å². The van der Waals surface area contributed by atoms with Crippen LogP contribution in [0.5, 0.6) is 0 Å². The van der Waals surface area contributed by atoms with Crippen molar-refractivity contribution in [1.82, 2.24) is 25.2 Å². The molecule has 2 amide bonds. The van der Waals surface area contributed by atoms with Gasteiger partial charge in [-0.2, -0.15) is 0 Å². The zero-order valence-electron chi connectivity index (χ0n) is 20.4. The summed E-state index contributed by atoms with van der Waals surface area (Å²) in [5, 5.41) is 9.05. The number of rotatable bonds is 7. The van der Waals surface area contributed by atoms with Crippen LogP contribution in [-0.4, -0.2) is 51.3 Å². The molecule has 0 unspecified atom stereocenters. The number of pyridine rings is 1. The number of hydrogen-bond donors (Lipinski definition) is 3. The number of carbonyl (C=O) groups excluding carboxylic acids is 2. The third kappa shape index (κ3) is 6.14. The minimum atomic E-state index is -0.200. The van der Waals surface area contributed by atoms with E-state index >= 15 is 0 Å². The quantitative estimate of drug-likeness (QED) is 0.359. The molecule has 9 nitrogen and oxygen atoms in total. The second-order valence-electron chi connectivity index (χ2n) is 8.87. The molecule has 37 heavy (non-hydrogen) atoms. The molecule has 3 N–H and O–H groups in total. The average Bonchev–Trinajstić information content (AvgIpc) is 2.92. The fourth-order valence-corrected chi connectivity index (χ4v) is 4.10. The van der Waals surface area contributed by atoms with Crippen LogP contribution >= 0.6 is 0 Å². The zero-order valence-corrected chi connectivity index (χ0v) is 20.4. The van der Waals surface area contributed by atoms with E-state index in [0.717, 1.165) is 34.6 Å². The maximum Gasteiger partial charge on any atom is 0.255 e. The van der Waals surface area contributed by atoms with Gasteiger partial charge in [-0.3, -0.25) is 19.5 Å². The van der Waals surface area contributed by atoms with E-state index in [1.807, 2.05) is 55.5 Å². The number of amides is 2. The van der Waals surface area contributed by atoms with Gasteiger partial charge < -0.3 is 16.0 Å². The van der Waals surface area contributed by atoms with Crippen LogP contribution < -0.4 is 16.0 Å². The number of nitrogens with one attached hydrogen (secondary N) is 3. The zero-order chi connectivity index (χ0) is 25.6. The van der Waals surface area contributed by atoms with Gasteiger partial charge in [0, 0.05) is 60.7 Å². The molecule has 3 heterocycles. The number of carbonyl (C=O) groups is 2. The Kier molecular flexibility index (Phi) is 7.14. The normalized spacial score (nSPS) is 13.6. The van der Waals surface area contributed by atoms with Gasteiger partial charge in [0.05, 0.1) is 12.2 Å². The van der Waals surface area contributed by atoms with Crippen LogP contribution in [0.25, 0.3) is 11.3 Å². The van der Waals surface area contributed by atoms with Gasteiger partial charge in [-0.15, -0.1) is 0 Å². The Balaban J connectivity index is 1.25. The molecule has 186 valence electrons. The van der Waals surface area contributed by atoms with Gasteiger partial charge in [-0.1, -0.05) is 18.2 Å². The summed E-state index contributed by atoms with van der Waals surface area (Å²) >= 11 is 0. The maximum atomic E-state index is 12.9. The fourth-order valence-electron chi connectivity index (χ4n) is 4.10. The summed E-state index contributed by atoms with van der Waals surface area (Å²) in [6.45, 7) is 4.52. The van der Waals surface area contributed by atoms with Gasteiger partial charge in [0.25, 0.3) is 5.91 Å². The highest BCUT2D eigenvalue weighted by Gasteiger charge is 2.16. The molecule has 5 rings (SSSR count). The number of aromatic nitrogens is 3. The molecule has 0 radical (unpaired) electrons. The van der Waals surface area contributed by atoms with Gasteiger partial charge in [0.2, 0.25) is 11.9 Å². The summed E-state index contributed by atoms with van der Waals surface area (Å²) in [5.74, 6) is 0.296. The number of anilines is 3. The molecule has 4 aromatic rings. The van der Waals surface area contributed by atoms with Crippen molar-refractivity contribution in [2.24, 2.45) is 0 Å². The summed E-state index contributed by atoms with van der Waals surface area (Å²) in [4.78, 5) is 39.6. The summed E-state index contributed by atoms with van der Waals surface area (Å²) < 4.78 is 0. The molecule has 0 aliphatic carbocycles. The lowest BCUT2D eigenvalue weighted by molar-refractivity contribution is -0.124. The van der Waals surface area contributed by atoms with Crippen molar-refractivity contribution in [3.63, 3.8) is 0 Å². The molecule has 0 spiro atoms. The van der Waals surface area contributed by atoms with Crippen molar-refractivity contribution >= 4 is 29.1 Å². The summed E-state index contributed by atoms with van der Waals surface area (Å²) in [6.07, 6.45) is 5.17. The lowest BCUT2D eigenvalue weighted by Crippen LogP contribution is -2.47. The first kappa shape index (κ1) is 24.1. The predicted molar refractivity (Wildman–Crippen MR) is 142 cm³/mol. The lowest BCUT2D eigenvalue weighted by atomic mass is 10.1. The number of nitrogens with zero attached hydrogens (tertiary/aromatic N) is 4. The molecular weight excluding hydrogens is 466 g/mol. The largest absolute Gasteiger partial charge is 0.354 e. The van der Waals surface area contributed by atoms with E-state index in [4.69, 9.17) is 0 Å². The SMILES string of the molecule is Cc1ccc(NC(=O)c2ccc(CN3CCNC(=O)C3)cc2)cc1Nc1nccc(-c2cccnc2)n1. The molecule has 0 atom stereocenters. The van der Waals surface area contributed by atoms with E-state index in [-0.39, 0.29) is 11.8 Å². The standard InChI is InChI=1S/C28H27N7O2/c1-19-4-9-23(15-25(19)34-28-31-12-10-24(33-28)22-3-2-11-29-16-22)32-27(37)21-7-5-20(6-8-21)17-35-14-13-30-26(36)18-35/h2-12,15-16H,13-14,17-18H2,1H3,(H,30,36)(H,32,37)(H,31,33,34). The molecule has 1 saturated heterocycles. The first-order valence-electron chi connectivity index (χ1n) is 12.0. The van der Waals surface area contributed by atoms with Gasteiger partial charge >= 0.3 is 0 Å². The highest BCUT2D eigenvalue weighted by Crippen LogP contribution is 2.24. The highest BCUT2D eigenvalue weighted by molar-refractivity contribution is 6.04. The first-order valence-corrected chi connectivity index (χ1v) is 12.0. The van der Waals surface area contributed by atoms with Crippen molar-refractivity contribution in [3.05, 3.63) is 95.9 Å². The molecule has 0 saturated carbocycles. The van der Waals surface area contributed by atoms with E-state index < -0.39 is 0 Å². The van der Waals surface area contributed by atoms with Crippen LogP contribution in [-0.2, 0) is 11.3 Å². The maximum absolute atomic E-state index is 12.9. The van der Waals surface area contributed by atoms with E-state index in [2.05, 4.69) is 35.8 Å². The van der Waals surface area contributed by atoms with E-state index in [0.29, 0.717) is 36.8 Å². The third-order valence-corrected chi connectivity index (χ3v) is 6.09. The Hall–Kier alpha value is -4.63. The lowest BCUT2D eigenvalue weighted by Gasteiger charge is -2.26. The third-order valence-electron chi connectivity index (χ3n) is 6.09. The number of benzene rings is 2. The smallest absolute Gasteiger partial charge is 0.255 e. The number of aryl methyl sites for hydroxylation is 1. The summed E-state index contributed by atoms with van der Waals surface area (Å²) in [6, 6.07) is 18.8. The minimum absolute atomic E-state index is 0.0435. The summed E-state index contributed by atoms with van der Waals surface area (Å²) in [5.41, 5.74) is 5.72. The molecule has 1 aliphatic heterocycles. The first-order chi connectivity index (χ1) is 18.0. The molecule has 0 bridgehead atoms. The van der Waals surface area contributed by atoms with Gasteiger partial charge in [-0.05, 0) is 60.5 Å². The molecule has 1 fully saturated rings. The van der Waals surface area contributed by atoms with Crippen molar-refractivity contribution in [3.8, 4) is 11.3 Å². The number of hydrogen-bond acceptors (Lipinski definition) is 7. The van der Waals surface area contributed by atoms with Crippen LogP contribution in [0.4, 0.5) is 17.3 Å².